The molecule has 0 saturated heterocycles. The van der Waals surface area contributed by atoms with Gasteiger partial charge in [-0.05, 0) is 12.5 Å². The van der Waals surface area contributed by atoms with Gasteiger partial charge in [-0.1, -0.05) is 25.1 Å². The lowest BCUT2D eigenvalue weighted by atomic mass is 10.1. The highest BCUT2D eigenvalue weighted by Gasteiger charge is 2.11. The maximum Gasteiger partial charge on any atom is 0.225 e. The Labute approximate surface area is 101 Å². The maximum atomic E-state index is 11.7. The van der Waals surface area contributed by atoms with E-state index in [-0.39, 0.29) is 12.3 Å². The zero-order valence-electron chi connectivity index (χ0n) is 10.1. The van der Waals surface area contributed by atoms with Crippen LogP contribution in [0.15, 0.2) is 24.3 Å². The Morgan fingerprint density at radius 3 is 2.82 bits per heavy atom. The molecular weight excluding hydrogens is 216 g/mol. The summed E-state index contributed by atoms with van der Waals surface area (Å²) in [6.45, 7) is 1.86. The molecule has 17 heavy (non-hydrogen) atoms. The van der Waals surface area contributed by atoms with Crippen molar-refractivity contribution in [3.8, 4) is 11.8 Å². The van der Waals surface area contributed by atoms with E-state index in [1.165, 1.54) is 0 Å². The lowest BCUT2D eigenvalue weighted by Crippen LogP contribution is -2.34. The molecular formula is C13H16N2O2. The van der Waals surface area contributed by atoms with E-state index < -0.39 is 6.04 Å². The van der Waals surface area contributed by atoms with Gasteiger partial charge in [0.25, 0.3) is 0 Å². The standard InChI is InChI=1S/C13H16N2O2/c1-3-11(9-14)15-13(16)8-10-6-4-5-7-12(10)17-2/h4-7,11H,3,8H2,1-2H3,(H,15,16). The van der Waals surface area contributed by atoms with Crippen molar-refractivity contribution in [3.63, 3.8) is 0 Å². The molecule has 0 aliphatic rings. The number of benzene rings is 1. The molecule has 0 heterocycles. The topological polar surface area (TPSA) is 62.1 Å². The van der Waals surface area contributed by atoms with Crippen LogP contribution in [0.3, 0.4) is 0 Å². The largest absolute Gasteiger partial charge is 0.496 e. The number of amides is 1. The number of para-hydroxylation sites is 1. The molecule has 90 valence electrons. The maximum absolute atomic E-state index is 11.7. The average Bonchev–Trinajstić information content (AvgIpc) is 2.36. The van der Waals surface area contributed by atoms with Gasteiger partial charge in [0, 0.05) is 5.56 Å². The van der Waals surface area contributed by atoms with Gasteiger partial charge in [0.1, 0.15) is 11.8 Å². The van der Waals surface area contributed by atoms with E-state index in [1.807, 2.05) is 37.3 Å². The zero-order valence-corrected chi connectivity index (χ0v) is 10.1. The second-order valence-electron chi connectivity index (χ2n) is 3.65. The van der Waals surface area contributed by atoms with Crippen molar-refractivity contribution in [2.75, 3.05) is 7.11 Å². The summed E-state index contributed by atoms with van der Waals surface area (Å²) in [7, 11) is 1.57. The van der Waals surface area contributed by atoms with Crippen LogP contribution in [0.25, 0.3) is 0 Å². The Kier molecular flexibility index (Phi) is 5.02. The lowest BCUT2D eigenvalue weighted by molar-refractivity contribution is -0.120. The molecule has 0 aromatic heterocycles. The number of hydrogen-bond acceptors (Lipinski definition) is 3. The third-order valence-corrected chi connectivity index (χ3v) is 2.44. The summed E-state index contributed by atoms with van der Waals surface area (Å²) < 4.78 is 5.16. The quantitative estimate of drug-likeness (QED) is 0.839. The summed E-state index contributed by atoms with van der Waals surface area (Å²) >= 11 is 0. The van der Waals surface area contributed by atoms with E-state index in [4.69, 9.17) is 10.00 Å². The Morgan fingerprint density at radius 2 is 2.24 bits per heavy atom. The van der Waals surface area contributed by atoms with Gasteiger partial charge in [0.2, 0.25) is 5.91 Å². The number of carbonyl (C=O) groups is 1. The van der Waals surface area contributed by atoms with Crippen LogP contribution in [-0.2, 0) is 11.2 Å². The van der Waals surface area contributed by atoms with E-state index in [1.54, 1.807) is 7.11 Å². The van der Waals surface area contributed by atoms with Crippen LogP contribution in [-0.4, -0.2) is 19.1 Å². The molecule has 0 aliphatic carbocycles. The summed E-state index contributed by atoms with van der Waals surface area (Å²) in [6, 6.07) is 8.97. The Balaban J connectivity index is 2.65. The van der Waals surface area contributed by atoms with Crippen molar-refractivity contribution in [3.05, 3.63) is 29.8 Å². The van der Waals surface area contributed by atoms with Crippen molar-refractivity contribution in [2.24, 2.45) is 0 Å². The fourth-order valence-corrected chi connectivity index (χ4v) is 1.49. The highest BCUT2D eigenvalue weighted by Crippen LogP contribution is 2.17. The van der Waals surface area contributed by atoms with Crippen LogP contribution in [0.5, 0.6) is 5.75 Å². The minimum Gasteiger partial charge on any atom is -0.496 e. The molecule has 1 aromatic carbocycles. The number of rotatable bonds is 5. The molecule has 4 nitrogen and oxygen atoms in total. The van der Waals surface area contributed by atoms with Crippen LogP contribution >= 0.6 is 0 Å². The van der Waals surface area contributed by atoms with Crippen LogP contribution in [0.4, 0.5) is 0 Å². The summed E-state index contributed by atoms with van der Waals surface area (Å²) in [4.78, 5) is 11.7. The summed E-state index contributed by atoms with van der Waals surface area (Å²) in [5.74, 6) is 0.524. The molecule has 0 radical (unpaired) electrons. The second kappa shape index (κ2) is 6.54. The van der Waals surface area contributed by atoms with Crippen LogP contribution in [0, 0.1) is 11.3 Å². The fraction of sp³-hybridized carbons (Fsp3) is 0.385. The first-order chi connectivity index (χ1) is 8.21. The van der Waals surface area contributed by atoms with Gasteiger partial charge in [-0.3, -0.25) is 4.79 Å². The average molecular weight is 232 g/mol. The Hall–Kier alpha value is -2.02. The first kappa shape index (κ1) is 13.0. The minimum absolute atomic E-state index is 0.164. The molecule has 0 saturated carbocycles. The third kappa shape index (κ3) is 3.80. The van der Waals surface area contributed by atoms with Crippen molar-refractivity contribution in [2.45, 2.75) is 25.8 Å². The van der Waals surface area contributed by atoms with Gasteiger partial charge in [0.05, 0.1) is 19.6 Å². The van der Waals surface area contributed by atoms with E-state index in [2.05, 4.69) is 5.32 Å². The Morgan fingerprint density at radius 1 is 1.53 bits per heavy atom. The first-order valence-electron chi connectivity index (χ1n) is 5.52. The molecule has 0 bridgehead atoms. The molecule has 1 unspecified atom stereocenters. The highest BCUT2D eigenvalue weighted by atomic mass is 16.5. The second-order valence-corrected chi connectivity index (χ2v) is 3.65. The highest BCUT2D eigenvalue weighted by molar-refractivity contribution is 5.79. The van der Waals surface area contributed by atoms with E-state index in [0.29, 0.717) is 12.2 Å². The van der Waals surface area contributed by atoms with Gasteiger partial charge < -0.3 is 10.1 Å². The van der Waals surface area contributed by atoms with E-state index in [9.17, 15) is 4.79 Å². The molecule has 4 heteroatoms. The van der Waals surface area contributed by atoms with Gasteiger partial charge in [-0.2, -0.15) is 5.26 Å². The predicted molar refractivity (Wildman–Crippen MR) is 64.5 cm³/mol. The van der Waals surface area contributed by atoms with E-state index in [0.717, 1.165) is 5.56 Å². The SMILES string of the molecule is CCC(C#N)NC(=O)Cc1ccccc1OC. The van der Waals surface area contributed by atoms with Crippen molar-refractivity contribution < 1.29 is 9.53 Å². The molecule has 1 amide bonds. The smallest absolute Gasteiger partial charge is 0.225 e. The van der Waals surface area contributed by atoms with Crippen molar-refractivity contribution in [1.29, 1.82) is 5.26 Å². The lowest BCUT2D eigenvalue weighted by Gasteiger charge is -2.11. The normalized spacial score (nSPS) is 11.4. The molecule has 1 aromatic rings. The first-order valence-corrected chi connectivity index (χ1v) is 5.52. The number of nitrogens with one attached hydrogen (secondary N) is 1. The molecule has 0 aliphatic heterocycles. The predicted octanol–water partition coefficient (Wildman–Crippen LogP) is 1.66. The monoisotopic (exact) mass is 232 g/mol. The summed E-state index contributed by atoms with van der Waals surface area (Å²) in [5.41, 5.74) is 0.820. The number of carbonyl (C=O) groups excluding carboxylic acids is 1. The molecule has 0 fully saturated rings. The molecule has 1 atom stereocenters. The third-order valence-electron chi connectivity index (χ3n) is 2.44. The van der Waals surface area contributed by atoms with Gasteiger partial charge in [-0.15, -0.1) is 0 Å². The van der Waals surface area contributed by atoms with Crippen molar-refractivity contribution in [1.82, 2.24) is 5.32 Å². The van der Waals surface area contributed by atoms with Crippen LogP contribution < -0.4 is 10.1 Å². The molecule has 1 N–H and O–H groups in total. The van der Waals surface area contributed by atoms with Gasteiger partial charge in [-0.25, -0.2) is 0 Å². The number of ether oxygens (including phenoxy) is 1. The number of hydrogen-bond donors (Lipinski definition) is 1. The molecule has 0 spiro atoms. The number of methoxy groups -OCH3 is 1. The van der Waals surface area contributed by atoms with Gasteiger partial charge >= 0.3 is 0 Å². The minimum atomic E-state index is -0.419. The molecule has 1 rings (SSSR count). The zero-order chi connectivity index (χ0) is 12.7. The summed E-state index contributed by atoms with van der Waals surface area (Å²) in [5, 5.41) is 11.4. The van der Waals surface area contributed by atoms with Crippen LogP contribution in [0.2, 0.25) is 0 Å². The van der Waals surface area contributed by atoms with Crippen molar-refractivity contribution >= 4 is 5.91 Å². The van der Waals surface area contributed by atoms with E-state index >= 15 is 0 Å². The van der Waals surface area contributed by atoms with Crippen LogP contribution in [0.1, 0.15) is 18.9 Å². The fourth-order valence-electron chi connectivity index (χ4n) is 1.49. The number of nitrogens with zero attached hydrogens (tertiary/aromatic N) is 1. The van der Waals surface area contributed by atoms with Gasteiger partial charge in [0.15, 0.2) is 0 Å². The Bertz CT molecular complexity index is 424. The summed E-state index contributed by atoms with van der Waals surface area (Å²) in [6.07, 6.45) is 0.830. The number of nitriles is 1.